The Balaban J connectivity index is 1.95. The van der Waals surface area contributed by atoms with Crippen molar-refractivity contribution >= 4 is 17.5 Å². The standard InChI is InChI=1S/C18H27N3O2/c1-12(2)14-6-8-16(9-7-14)20-18(23)13(3)21-10-4-5-15(11-21)17(19)22/h6-9,12-13,15H,4-5,10-11H2,1-3H3,(H2,19,22)(H,20,23). The van der Waals surface area contributed by atoms with E-state index in [-0.39, 0.29) is 23.8 Å². The lowest BCUT2D eigenvalue weighted by atomic mass is 9.96. The first-order chi connectivity index (χ1) is 10.9. The molecule has 0 bridgehead atoms. The summed E-state index contributed by atoms with van der Waals surface area (Å²) in [5.41, 5.74) is 7.45. The van der Waals surface area contributed by atoms with E-state index in [0.29, 0.717) is 12.5 Å². The molecule has 5 heteroatoms. The van der Waals surface area contributed by atoms with E-state index < -0.39 is 0 Å². The van der Waals surface area contributed by atoms with Gasteiger partial charge in [0.15, 0.2) is 0 Å². The summed E-state index contributed by atoms with van der Waals surface area (Å²) in [6, 6.07) is 7.66. The molecule has 1 aliphatic heterocycles. The Labute approximate surface area is 138 Å². The third-order valence-electron chi connectivity index (χ3n) is 4.63. The summed E-state index contributed by atoms with van der Waals surface area (Å²) in [6.07, 6.45) is 1.71. The van der Waals surface area contributed by atoms with Crippen LogP contribution in [0.15, 0.2) is 24.3 Å². The fraction of sp³-hybridized carbons (Fsp3) is 0.556. The number of piperidine rings is 1. The highest BCUT2D eigenvalue weighted by atomic mass is 16.2. The van der Waals surface area contributed by atoms with Crippen LogP contribution in [0.25, 0.3) is 0 Å². The predicted octanol–water partition coefficient (Wildman–Crippen LogP) is 2.33. The number of carbonyl (C=O) groups is 2. The number of likely N-dealkylation sites (tertiary alicyclic amines) is 1. The van der Waals surface area contributed by atoms with Crippen molar-refractivity contribution in [2.24, 2.45) is 11.7 Å². The summed E-state index contributed by atoms with van der Waals surface area (Å²) in [7, 11) is 0. The van der Waals surface area contributed by atoms with Crippen molar-refractivity contribution in [2.75, 3.05) is 18.4 Å². The molecule has 126 valence electrons. The number of hydrogen-bond acceptors (Lipinski definition) is 3. The minimum atomic E-state index is -0.276. The Morgan fingerprint density at radius 2 is 1.87 bits per heavy atom. The van der Waals surface area contributed by atoms with Crippen molar-refractivity contribution in [1.82, 2.24) is 4.90 Å². The van der Waals surface area contributed by atoms with Gasteiger partial charge in [-0.05, 0) is 49.9 Å². The van der Waals surface area contributed by atoms with E-state index in [1.165, 1.54) is 5.56 Å². The number of benzene rings is 1. The number of nitrogens with two attached hydrogens (primary N) is 1. The molecule has 3 N–H and O–H groups in total. The summed E-state index contributed by atoms with van der Waals surface area (Å²) in [6.45, 7) is 7.55. The van der Waals surface area contributed by atoms with Crippen LogP contribution < -0.4 is 11.1 Å². The normalized spacial score (nSPS) is 20.3. The van der Waals surface area contributed by atoms with Crippen LogP contribution >= 0.6 is 0 Å². The first-order valence-electron chi connectivity index (χ1n) is 8.32. The lowest BCUT2D eigenvalue weighted by Gasteiger charge is -2.34. The molecular formula is C18H27N3O2. The molecule has 2 atom stereocenters. The molecule has 1 aromatic carbocycles. The smallest absolute Gasteiger partial charge is 0.241 e. The van der Waals surface area contributed by atoms with Crippen molar-refractivity contribution in [2.45, 2.75) is 45.6 Å². The Kier molecular flexibility index (Phi) is 5.77. The van der Waals surface area contributed by atoms with Crippen LogP contribution in [0.3, 0.4) is 0 Å². The van der Waals surface area contributed by atoms with E-state index in [1.54, 1.807) is 0 Å². The molecule has 0 aromatic heterocycles. The number of rotatable bonds is 5. The zero-order valence-electron chi connectivity index (χ0n) is 14.2. The van der Waals surface area contributed by atoms with Crippen molar-refractivity contribution < 1.29 is 9.59 Å². The summed E-state index contributed by atoms with van der Waals surface area (Å²) in [4.78, 5) is 25.8. The summed E-state index contributed by atoms with van der Waals surface area (Å²) < 4.78 is 0. The molecule has 1 heterocycles. The highest BCUT2D eigenvalue weighted by Crippen LogP contribution is 2.20. The molecule has 0 saturated carbocycles. The van der Waals surface area contributed by atoms with E-state index in [0.717, 1.165) is 25.1 Å². The van der Waals surface area contributed by atoms with Crippen LogP contribution in [0.1, 0.15) is 45.1 Å². The second kappa shape index (κ2) is 7.59. The molecule has 0 spiro atoms. The number of carbonyl (C=O) groups excluding carboxylic acids is 2. The SMILES string of the molecule is CC(C)c1ccc(NC(=O)C(C)N2CCCC(C(N)=O)C2)cc1. The largest absolute Gasteiger partial charge is 0.369 e. The van der Waals surface area contributed by atoms with Crippen molar-refractivity contribution in [1.29, 1.82) is 0 Å². The molecule has 1 aromatic rings. The lowest BCUT2D eigenvalue weighted by Crippen LogP contribution is -2.49. The molecule has 0 aliphatic carbocycles. The Morgan fingerprint density at radius 1 is 1.22 bits per heavy atom. The van der Waals surface area contributed by atoms with Gasteiger partial charge in [-0.2, -0.15) is 0 Å². The van der Waals surface area contributed by atoms with Gasteiger partial charge < -0.3 is 11.1 Å². The van der Waals surface area contributed by atoms with E-state index >= 15 is 0 Å². The van der Waals surface area contributed by atoms with Crippen LogP contribution in [-0.4, -0.2) is 35.8 Å². The molecule has 23 heavy (non-hydrogen) atoms. The third-order valence-corrected chi connectivity index (χ3v) is 4.63. The van der Waals surface area contributed by atoms with E-state index in [4.69, 9.17) is 5.73 Å². The molecular weight excluding hydrogens is 290 g/mol. The van der Waals surface area contributed by atoms with Crippen LogP contribution in [0.4, 0.5) is 5.69 Å². The van der Waals surface area contributed by atoms with Crippen LogP contribution in [-0.2, 0) is 9.59 Å². The fourth-order valence-electron chi connectivity index (χ4n) is 2.95. The average Bonchev–Trinajstić information content (AvgIpc) is 2.54. The number of amides is 2. The van der Waals surface area contributed by atoms with Crippen LogP contribution in [0, 0.1) is 5.92 Å². The maximum absolute atomic E-state index is 12.4. The lowest BCUT2D eigenvalue weighted by molar-refractivity contribution is -0.127. The number of nitrogens with zero attached hydrogens (tertiary/aromatic N) is 1. The van der Waals surface area contributed by atoms with Gasteiger partial charge >= 0.3 is 0 Å². The Bertz CT molecular complexity index is 554. The van der Waals surface area contributed by atoms with Crippen molar-refractivity contribution in [3.8, 4) is 0 Å². The fourth-order valence-corrected chi connectivity index (χ4v) is 2.95. The van der Waals surface area contributed by atoms with Gasteiger partial charge in [0.1, 0.15) is 0 Å². The molecule has 5 nitrogen and oxygen atoms in total. The van der Waals surface area contributed by atoms with Gasteiger partial charge in [0, 0.05) is 12.2 Å². The quantitative estimate of drug-likeness (QED) is 0.875. The van der Waals surface area contributed by atoms with Gasteiger partial charge in [0.25, 0.3) is 0 Å². The number of hydrogen-bond donors (Lipinski definition) is 2. The Hall–Kier alpha value is -1.88. The molecule has 2 unspecified atom stereocenters. The third kappa shape index (κ3) is 4.55. The number of primary amides is 1. The van der Waals surface area contributed by atoms with Gasteiger partial charge in [-0.1, -0.05) is 26.0 Å². The molecule has 1 fully saturated rings. The van der Waals surface area contributed by atoms with E-state index in [9.17, 15) is 9.59 Å². The van der Waals surface area contributed by atoms with Gasteiger partial charge in [0.2, 0.25) is 11.8 Å². The van der Waals surface area contributed by atoms with E-state index in [2.05, 4.69) is 19.2 Å². The minimum Gasteiger partial charge on any atom is -0.369 e. The summed E-state index contributed by atoms with van der Waals surface area (Å²) in [5.74, 6) is 0.00100. The second-order valence-electron chi connectivity index (χ2n) is 6.68. The zero-order chi connectivity index (χ0) is 17.0. The minimum absolute atomic E-state index is 0.0487. The highest BCUT2D eigenvalue weighted by Gasteiger charge is 2.29. The van der Waals surface area contributed by atoms with Crippen molar-refractivity contribution in [3.63, 3.8) is 0 Å². The average molecular weight is 317 g/mol. The summed E-state index contributed by atoms with van der Waals surface area (Å²) in [5, 5.41) is 2.95. The highest BCUT2D eigenvalue weighted by molar-refractivity contribution is 5.94. The first-order valence-corrected chi connectivity index (χ1v) is 8.32. The van der Waals surface area contributed by atoms with Gasteiger partial charge in [-0.15, -0.1) is 0 Å². The second-order valence-corrected chi connectivity index (χ2v) is 6.68. The first kappa shape index (κ1) is 17.5. The number of anilines is 1. The summed E-state index contributed by atoms with van der Waals surface area (Å²) >= 11 is 0. The molecule has 2 amide bonds. The van der Waals surface area contributed by atoms with Gasteiger partial charge in [0.05, 0.1) is 12.0 Å². The zero-order valence-corrected chi connectivity index (χ0v) is 14.2. The van der Waals surface area contributed by atoms with Crippen LogP contribution in [0.5, 0.6) is 0 Å². The van der Waals surface area contributed by atoms with Crippen LogP contribution in [0.2, 0.25) is 0 Å². The van der Waals surface area contributed by atoms with Crippen molar-refractivity contribution in [3.05, 3.63) is 29.8 Å². The molecule has 1 saturated heterocycles. The number of nitrogens with one attached hydrogen (secondary N) is 1. The molecule has 2 rings (SSSR count). The topological polar surface area (TPSA) is 75.4 Å². The predicted molar refractivity (Wildman–Crippen MR) is 92.1 cm³/mol. The monoisotopic (exact) mass is 317 g/mol. The maximum atomic E-state index is 12.4. The molecule has 1 aliphatic rings. The maximum Gasteiger partial charge on any atom is 0.241 e. The van der Waals surface area contributed by atoms with E-state index in [1.807, 2.05) is 36.1 Å². The Morgan fingerprint density at radius 3 is 2.43 bits per heavy atom. The van der Waals surface area contributed by atoms with Gasteiger partial charge in [-0.3, -0.25) is 14.5 Å². The molecule has 0 radical (unpaired) electrons. The van der Waals surface area contributed by atoms with Gasteiger partial charge in [-0.25, -0.2) is 0 Å².